The van der Waals surface area contributed by atoms with Gasteiger partial charge in [-0.3, -0.25) is 4.79 Å². The van der Waals surface area contributed by atoms with Crippen molar-refractivity contribution < 1.29 is 14.3 Å². The molecule has 0 saturated carbocycles. The second kappa shape index (κ2) is 8.10. The molecular formula is C27H27NO3. The lowest BCUT2D eigenvalue weighted by molar-refractivity contribution is -0.129. The molecule has 0 fully saturated rings. The zero-order chi connectivity index (χ0) is 22.2. The fraction of sp³-hybridized carbons (Fsp3) is 0.296. The van der Waals surface area contributed by atoms with Crippen LogP contribution >= 0.6 is 0 Å². The number of nitrogens with zero attached hydrogens (tertiary/aromatic N) is 1. The van der Waals surface area contributed by atoms with Gasteiger partial charge in [-0.15, -0.1) is 0 Å². The number of Topliss-reactive ketones (excluding diaryl/α,β-unsaturated/α-hetero) is 1. The van der Waals surface area contributed by atoms with E-state index in [4.69, 9.17) is 9.72 Å². The number of hydrogen-bond donors (Lipinski definition) is 0. The van der Waals surface area contributed by atoms with Crippen LogP contribution in [0.5, 0.6) is 0 Å². The van der Waals surface area contributed by atoms with Crippen LogP contribution < -0.4 is 0 Å². The summed E-state index contributed by atoms with van der Waals surface area (Å²) in [4.78, 5) is 30.3. The summed E-state index contributed by atoms with van der Waals surface area (Å²) in [6.45, 7) is 7.32. The third-order valence-corrected chi connectivity index (χ3v) is 5.74. The van der Waals surface area contributed by atoms with E-state index in [1.807, 2.05) is 45.0 Å². The second-order valence-electron chi connectivity index (χ2n) is 9.16. The molecular weight excluding hydrogens is 386 g/mol. The standard InChI is InChI=1S/C27H27NO3/c1-17-9-11-18(12-10-17)15-19-13-14-21-24(26(30)31-16-23(29)27(2,3)4)20-7-5-6-8-22(20)28-25(19)21/h5-12,15H,13-14,16H2,1-4H3/b19-15+. The van der Waals surface area contributed by atoms with Crippen molar-refractivity contribution in [2.75, 3.05) is 6.61 Å². The lowest BCUT2D eigenvalue weighted by Gasteiger charge is -2.17. The zero-order valence-corrected chi connectivity index (χ0v) is 18.5. The summed E-state index contributed by atoms with van der Waals surface area (Å²) in [5.41, 5.74) is 5.95. The molecule has 0 radical (unpaired) electrons. The Kier molecular flexibility index (Phi) is 5.48. The average molecular weight is 414 g/mol. The van der Waals surface area contributed by atoms with Crippen molar-refractivity contribution in [1.82, 2.24) is 4.98 Å². The molecule has 0 unspecified atom stereocenters. The quantitative estimate of drug-likeness (QED) is 0.507. The van der Waals surface area contributed by atoms with E-state index >= 15 is 0 Å². The van der Waals surface area contributed by atoms with Crippen LogP contribution in [0.3, 0.4) is 0 Å². The van der Waals surface area contributed by atoms with E-state index in [-0.39, 0.29) is 12.4 Å². The van der Waals surface area contributed by atoms with E-state index in [0.717, 1.165) is 46.1 Å². The van der Waals surface area contributed by atoms with Gasteiger partial charge < -0.3 is 4.74 Å². The molecule has 3 aromatic rings. The first-order chi connectivity index (χ1) is 14.7. The molecule has 1 heterocycles. The summed E-state index contributed by atoms with van der Waals surface area (Å²) in [6.07, 6.45) is 3.68. The fourth-order valence-corrected chi connectivity index (χ4v) is 3.80. The predicted octanol–water partition coefficient (Wildman–Crippen LogP) is 5.80. The van der Waals surface area contributed by atoms with Crippen LogP contribution in [-0.4, -0.2) is 23.3 Å². The van der Waals surface area contributed by atoms with E-state index in [2.05, 4.69) is 37.3 Å². The minimum absolute atomic E-state index is 0.101. The lowest BCUT2D eigenvalue weighted by atomic mass is 9.91. The van der Waals surface area contributed by atoms with Crippen LogP contribution in [0.1, 0.15) is 59.9 Å². The summed E-state index contributed by atoms with van der Waals surface area (Å²) in [6, 6.07) is 16.0. The molecule has 0 amide bonds. The summed E-state index contributed by atoms with van der Waals surface area (Å²) in [5, 5.41) is 0.769. The Hall–Kier alpha value is -3.27. The number of hydrogen-bond acceptors (Lipinski definition) is 4. The summed E-state index contributed by atoms with van der Waals surface area (Å²) in [5.74, 6) is -0.556. The number of benzene rings is 2. The molecule has 0 saturated heterocycles. The molecule has 0 N–H and O–H groups in total. The van der Waals surface area contributed by atoms with Crippen molar-refractivity contribution in [3.05, 3.63) is 76.5 Å². The first kappa shape index (κ1) is 21.0. The second-order valence-corrected chi connectivity index (χ2v) is 9.16. The van der Waals surface area contributed by atoms with Gasteiger partial charge in [0.15, 0.2) is 12.4 Å². The molecule has 1 aliphatic carbocycles. The first-order valence-electron chi connectivity index (χ1n) is 10.6. The van der Waals surface area contributed by atoms with Crippen LogP contribution in [0.25, 0.3) is 22.6 Å². The molecule has 4 heteroatoms. The van der Waals surface area contributed by atoms with Gasteiger partial charge >= 0.3 is 5.97 Å². The lowest BCUT2D eigenvalue weighted by Crippen LogP contribution is -2.26. The highest BCUT2D eigenvalue weighted by molar-refractivity contribution is 6.07. The zero-order valence-electron chi connectivity index (χ0n) is 18.5. The van der Waals surface area contributed by atoms with E-state index in [1.54, 1.807) is 0 Å². The van der Waals surface area contributed by atoms with Gasteiger partial charge in [0, 0.05) is 10.8 Å². The van der Waals surface area contributed by atoms with Gasteiger partial charge in [-0.2, -0.15) is 0 Å². The highest BCUT2D eigenvalue weighted by Crippen LogP contribution is 2.37. The third-order valence-electron chi connectivity index (χ3n) is 5.74. The number of aromatic nitrogens is 1. The van der Waals surface area contributed by atoms with Crippen molar-refractivity contribution >= 4 is 34.3 Å². The maximum atomic E-state index is 13.1. The Balaban J connectivity index is 1.75. The van der Waals surface area contributed by atoms with Gasteiger partial charge in [-0.05, 0) is 48.6 Å². The molecule has 4 nitrogen and oxygen atoms in total. The Labute approximate surface area is 183 Å². The van der Waals surface area contributed by atoms with Gasteiger partial charge in [-0.1, -0.05) is 68.8 Å². The fourth-order valence-electron chi connectivity index (χ4n) is 3.80. The molecule has 0 bridgehead atoms. The van der Waals surface area contributed by atoms with Crippen molar-refractivity contribution in [1.29, 1.82) is 0 Å². The number of fused-ring (bicyclic) bond motifs is 2. The van der Waals surface area contributed by atoms with Crippen LogP contribution in [0.2, 0.25) is 0 Å². The molecule has 2 aromatic carbocycles. The number of carbonyl (C=O) groups excluding carboxylic acids is 2. The van der Waals surface area contributed by atoms with Gasteiger partial charge in [0.1, 0.15) is 0 Å². The van der Waals surface area contributed by atoms with Gasteiger partial charge in [0.05, 0.1) is 16.8 Å². The first-order valence-corrected chi connectivity index (χ1v) is 10.6. The molecule has 31 heavy (non-hydrogen) atoms. The number of ketones is 1. The van der Waals surface area contributed by atoms with Gasteiger partial charge in [0.2, 0.25) is 0 Å². The minimum Gasteiger partial charge on any atom is -0.454 e. The van der Waals surface area contributed by atoms with Crippen molar-refractivity contribution in [3.8, 4) is 0 Å². The summed E-state index contributed by atoms with van der Waals surface area (Å²) >= 11 is 0. The molecule has 0 spiro atoms. The Morgan fingerprint density at radius 2 is 1.74 bits per heavy atom. The molecule has 1 aliphatic rings. The van der Waals surface area contributed by atoms with E-state index < -0.39 is 11.4 Å². The number of aryl methyl sites for hydroxylation is 1. The normalized spacial score (nSPS) is 14.6. The minimum atomic E-state index is -0.549. The largest absolute Gasteiger partial charge is 0.454 e. The monoisotopic (exact) mass is 413 g/mol. The van der Waals surface area contributed by atoms with E-state index in [9.17, 15) is 9.59 Å². The van der Waals surface area contributed by atoms with Crippen molar-refractivity contribution in [2.24, 2.45) is 5.41 Å². The summed E-state index contributed by atoms with van der Waals surface area (Å²) in [7, 11) is 0. The number of ether oxygens (including phenoxy) is 1. The van der Waals surface area contributed by atoms with Crippen LogP contribution in [-0.2, 0) is 16.0 Å². The SMILES string of the molecule is Cc1ccc(/C=C2\CCc3c2nc2ccccc2c3C(=O)OCC(=O)C(C)(C)C)cc1. The summed E-state index contributed by atoms with van der Waals surface area (Å²) < 4.78 is 5.48. The van der Waals surface area contributed by atoms with E-state index in [0.29, 0.717) is 5.56 Å². The van der Waals surface area contributed by atoms with Crippen molar-refractivity contribution in [2.45, 2.75) is 40.5 Å². The number of para-hydroxylation sites is 1. The number of allylic oxidation sites excluding steroid dienone is 1. The highest BCUT2D eigenvalue weighted by atomic mass is 16.5. The van der Waals surface area contributed by atoms with Gasteiger partial charge in [-0.25, -0.2) is 9.78 Å². The molecule has 1 aromatic heterocycles. The number of carbonyl (C=O) groups is 2. The Morgan fingerprint density at radius 3 is 2.45 bits per heavy atom. The molecule has 4 rings (SSSR count). The maximum absolute atomic E-state index is 13.1. The molecule has 0 aliphatic heterocycles. The highest BCUT2D eigenvalue weighted by Gasteiger charge is 2.29. The van der Waals surface area contributed by atoms with Crippen LogP contribution in [0.4, 0.5) is 0 Å². The maximum Gasteiger partial charge on any atom is 0.339 e. The third kappa shape index (κ3) is 4.29. The average Bonchev–Trinajstić information content (AvgIpc) is 3.13. The van der Waals surface area contributed by atoms with Crippen LogP contribution in [0.15, 0.2) is 48.5 Å². The Morgan fingerprint density at radius 1 is 1.03 bits per heavy atom. The van der Waals surface area contributed by atoms with Gasteiger partial charge in [0.25, 0.3) is 0 Å². The predicted molar refractivity (Wildman–Crippen MR) is 124 cm³/mol. The topological polar surface area (TPSA) is 56.3 Å². The smallest absolute Gasteiger partial charge is 0.339 e. The number of esters is 1. The number of rotatable bonds is 4. The van der Waals surface area contributed by atoms with Crippen molar-refractivity contribution in [3.63, 3.8) is 0 Å². The van der Waals surface area contributed by atoms with Crippen LogP contribution in [0, 0.1) is 12.3 Å². The Bertz CT molecular complexity index is 1200. The van der Waals surface area contributed by atoms with E-state index in [1.165, 1.54) is 5.56 Å². The molecule has 0 atom stereocenters. The number of pyridine rings is 1. The molecule has 158 valence electrons.